The summed E-state index contributed by atoms with van der Waals surface area (Å²) in [5, 5.41) is 18.4. The van der Waals surface area contributed by atoms with E-state index in [0.717, 1.165) is 23.4 Å². The van der Waals surface area contributed by atoms with Crippen LogP contribution in [0.3, 0.4) is 0 Å². The van der Waals surface area contributed by atoms with Crippen molar-refractivity contribution < 1.29 is 19.5 Å². The molecule has 0 spiro atoms. The van der Waals surface area contributed by atoms with E-state index in [0.29, 0.717) is 30.0 Å². The molecule has 36 heavy (non-hydrogen) atoms. The second-order valence-corrected chi connectivity index (χ2v) is 8.66. The van der Waals surface area contributed by atoms with Gasteiger partial charge in [-0.15, -0.1) is 0 Å². The lowest BCUT2D eigenvalue weighted by Gasteiger charge is -2.18. The number of hydrogen-bond acceptors (Lipinski definition) is 5. The third-order valence-electron chi connectivity index (χ3n) is 5.43. The highest BCUT2D eigenvalue weighted by Gasteiger charge is 2.18. The van der Waals surface area contributed by atoms with Gasteiger partial charge in [0.2, 0.25) is 11.8 Å². The number of halogens is 1. The number of aromatic nitrogens is 1. The molecule has 1 unspecified atom stereocenters. The van der Waals surface area contributed by atoms with Crippen molar-refractivity contribution in [2.24, 2.45) is 0 Å². The number of carboxylic acids is 1. The quantitative estimate of drug-likeness (QED) is 0.253. The number of anilines is 1. The Bertz CT molecular complexity index is 1160. The number of hydrogen-bond donors (Lipinski definition) is 4. The van der Waals surface area contributed by atoms with Crippen LogP contribution in [0, 0.1) is 0 Å². The molecule has 0 aliphatic rings. The van der Waals surface area contributed by atoms with Crippen molar-refractivity contribution in [1.82, 2.24) is 15.6 Å². The zero-order valence-electron chi connectivity index (χ0n) is 19.7. The second-order valence-electron chi connectivity index (χ2n) is 8.23. The van der Waals surface area contributed by atoms with E-state index in [1.54, 1.807) is 24.4 Å². The number of benzene rings is 2. The Morgan fingerprint density at radius 3 is 2.42 bits per heavy atom. The minimum absolute atomic E-state index is 0.221. The topological polar surface area (TPSA) is 120 Å². The van der Waals surface area contributed by atoms with Crippen LogP contribution in [0.5, 0.6) is 0 Å². The Hall–Kier alpha value is -3.91. The first-order valence-corrected chi connectivity index (χ1v) is 12.1. The van der Waals surface area contributed by atoms with Crippen LogP contribution in [0.2, 0.25) is 5.02 Å². The lowest BCUT2D eigenvalue weighted by atomic mass is 9.99. The Morgan fingerprint density at radius 2 is 1.72 bits per heavy atom. The van der Waals surface area contributed by atoms with Gasteiger partial charge >= 0.3 is 5.97 Å². The van der Waals surface area contributed by atoms with Gasteiger partial charge in [-0.25, -0.2) is 4.98 Å². The van der Waals surface area contributed by atoms with Crippen LogP contribution >= 0.6 is 11.6 Å². The van der Waals surface area contributed by atoms with E-state index in [4.69, 9.17) is 11.6 Å². The average molecular weight is 509 g/mol. The van der Waals surface area contributed by atoms with E-state index < -0.39 is 17.9 Å². The highest BCUT2D eigenvalue weighted by Crippen LogP contribution is 2.25. The summed E-state index contributed by atoms with van der Waals surface area (Å²) in [6.07, 6.45) is 3.16. The molecular weight excluding hydrogens is 480 g/mol. The zero-order chi connectivity index (χ0) is 25.8. The van der Waals surface area contributed by atoms with Crippen LogP contribution in [0.25, 0.3) is 11.1 Å². The summed E-state index contributed by atoms with van der Waals surface area (Å²) in [6, 6.07) is 19.6. The summed E-state index contributed by atoms with van der Waals surface area (Å²) >= 11 is 6.06. The molecule has 1 heterocycles. The molecule has 0 bridgehead atoms. The first-order chi connectivity index (χ1) is 17.4. The summed E-state index contributed by atoms with van der Waals surface area (Å²) in [5.41, 5.74) is 2.51. The molecule has 3 aromatic rings. The lowest BCUT2D eigenvalue weighted by molar-refractivity contribution is -0.138. The fourth-order valence-electron chi connectivity index (χ4n) is 3.61. The first kappa shape index (κ1) is 26.7. The number of rotatable bonds is 13. The van der Waals surface area contributed by atoms with Crippen LogP contribution in [-0.2, 0) is 14.4 Å². The number of carboxylic acid groups (broad SMARTS) is 1. The number of aliphatic carboxylic acids is 1. The first-order valence-electron chi connectivity index (χ1n) is 11.7. The van der Waals surface area contributed by atoms with Gasteiger partial charge in [-0.3, -0.25) is 14.4 Å². The van der Waals surface area contributed by atoms with E-state index in [1.807, 2.05) is 48.5 Å². The van der Waals surface area contributed by atoms with Crippen molar-refractivity contribution in [2.75, 3.05) is 18.4 Å². The molecule has 2 aromatic carbocycles. The molecule has 0 aliphatic heterocycles. The Morgan fingerprint density at radius 1 is 0.917 bits per heavy atom. The molecule has 1 atom stereocenters. The van der Waals surface area contributed by atoms with Gasteiger partial charge in [-0.2, -0.15) is 0 Å². The molecule has 4 N–H and O–H groups in total. The maximum absolute atomic E-state index is 12.4. The molecule has 8 nitrogen and oxygen atoms in total. The van der Waals surface area contributed by atoms with Crippen molar-refractivity contribution in [3.63, 3.8) is 0 Å². The SMILES string of the molecule is O=C(O)CC(NC(=O)CNC(=O)CCCCNc1ccccn1)c1ccc(-c2cccc(Cl)c2)cc1. The second kappa shape index (κ2) is 13.8. The largest absolute Gasteiger partial charge is 0.481 e. The molecular formula is C27H29ClN4O4. The smallest absolute Gasteiger partial charge is 0.305 e. The van der Waals surface area contributed by atoms with Gasteiger partial charge < -0.3 is 21.1 Å². The van der Waals surface area contributed by atoms with Crippen molar-refractivity contribution in [1.29, 1.82) is 0 Å². The van der Waals surface area contributed by atoms with Crippen LogP contribution in [0.15, 0.2) is 72.9 Å². The number of pyridine rings is 1. The molecule has 188 valence electrons. The van der Waals surface area contributed by atoms with Gasteiger partial charge in [0.25, 0.3) is 0 Å². The highest BCUT2D eigenvalue weighted by atomic mass is 35.5. The molecule has 0 saturated heterocycles. The fraction of sp³-hybridized carbons (Fsp3) is 0.259. The zero-order valence-corrected chi connectivity index (χ0v) is 20.5. The van der Waals surface area contributed by atoms with Crippen molar-refractivity contribution >= 4 is 35.2 Å². The maximum Gasteiger partial charge on any atom is 0.305 e. The molecule has 2 amide bonds. The maximum atomic E-state index is 12.4. The summed E-state index contributed by atoms with van der Waals surface area (Å²) in [5.74, 6) is -0.940. The third kappa shape index (κ3) is 9.03. The number of amides is 2. The van der Waals surface area contributed by atoms with Crippen LogP contribution in [0.1, 0.15) is 37.3 Å². The summed E-state index contributed by atoms with van der Waals surface area (Å²) in [7, 11) is 0. The van der Waals surface area contributed by atoms with Crippen LogP contribution in [0.4, 0.5) is 5.82 Å². The number of carbonyl (C=O) groups is 3. The Kier molecular flexibility index (Phi) is 10.3. The fourth-order valence-corrected chi connectivity index (χ4v) is 3.80. The van der Waals surface area contributed by atoms with Crippen molar-refractivity contribution in [3.8, 4) is 11.1 Å². The number of carbonyl (C=O) groups excluding carboxylic acids is 2. The predicted octanol–water partition coefficient (Wildman–Crippen LogP) is 4.43. The summed E-state index contributed by atoms with van der Waals surface area (Å²) < 4.78 is 0. The standard InChI is InChI=1S/C27H29ClN4O4/c28-22-7-5-6-21(16-22)19-10-12-20(13-11-19)23(17-27(35)36)32-26(34)18-31-25(33)9-2-4-15-30-24-8-1-3-14-29-24/h1,3,5-8,10-14,16,23H,2,4,9,15,17-18H2,(H,29,30)(H,31,33)(H,32,34)(H,35,36). The van der Waals surface area contributed by atoms with E-state index in [2.05, 4.69) is 20.9 Å². The Labute approximate surface area is 215 Å². The molecule has 0 fully saturated rings. The van der Waals surface area contributed by atoms with Gasteiger partial charge in [0.15, 0.2) is 0 Å². The summed E-state index contributed by atoms with van der Waals surface area (Å²) in [6.45, 7) is 0.472. The molecule has 0 aliphatic carbocycles. The van der Waals surface area contributed by atoms with Crippen LogP contribution in [-0.4, -0.2) is 41.0 Å². The van der Waals surface area contributed by atoms with Gasteiger partial charge in [-0.05, 0) is 53.8 Å². The Balaban J connectivity index is 1.44. The van der Waals surface area contributed by atoms with Crippen molar-refractivity contribution in [2.45, 2.75) is 31.7 Å². The molecule has 3 rings (SSSR count). The van der Waals surface area contributed by atoms with Gasteiger partial charge in [0.1, 0.15) is 5.82 Å². The van der Waals surface area contributed by atoms with Gasteiger partial charge in [0, 0.05) is 24.2 Å². The number of nitrogens with zero attached hydrogens (tertiary/aromatic N) is 1. The van der Waals surface area contributed by atoms with Crippen LogP contribution < -0.4 is 16.0 Å². The van der Waals surface area contributed by atoms with E-state index in [1.165, 1.54) is 0 Å². The summed E-state index contributed by atoms with van der Waals surface area (Å²) in [4.78, 5) is 40.0. The van der Waals surface area contributed by atoms with E-state index >= 15 is 0 Å². The monoisotopic (exact) mass is 508 g/mol. The number of nitrogens with one attached hydrogen (secondary N) is 3. The van der Waals surface area contributed by atoms with Crippen molar-refractivity contribution in [3.05, 3.63) is 83.5 Å². The molecule has 0 radical (unpaired) electrons. The lowest BCUT2D eigenvalue weighted by Crippen LogP contribution is -2.39. The van der Waals surface area contributed by atoms with Gasteiger partial charge in [0.05, 0.1) is 19.0 Å². The predicted molar refractivity (Wildman–Crippen MR) is 140 cm³/mol. The molecule has 9 heteroatoms. The molecule has 1 aromatic heterocycles. The number of unbranched alkanes of at least 4 members (excludes halogenated alkanes) is 1. The highest BCUT2D eigenvalue weighted by molar-refractivity contribution is 6.30. The third-order valence-corrected chi connectivity index (χ3v) is 5.67. The normalized spacial score (nSPS) is 11.4. The minimum atomic E-state index is -1.04. The van der Waals surface area contributed by atoms with E-state index in [9.17, 15) is 19.5 Å². The van der Waals surface area contributed by atoms with E-state index in [-0.39, 0.29) is 18.9 Å². The van der Waals surface area contributed by atoms with Gasteiger partial charge in [-0.1, -0.05) is 54.1 Å². The molecule has 0 saturated carbocycles. The minimum Gasteiger partial charge on any atom is -0.481 e. The average Bonchev–Trinajstić information content (AvgIpc) is 2.87.